The summed E-state index contributed by atoms with van der Waals surface area (Å²) >= 11 is 5.87. The molecule has 0 radical (unpaired) electrons. The summed E-state index contributed by atoms with van der Waals surface area (Å²) in [5.74, 6) is -0.425. The number of aldehydes is 1. The van der Waals surface area contributed by atoms with Gasteiger partial charge in [0, 0.05) is 29.3 Å². The monoisotopic (exact) mass is 467 g/mol. The average Bonchev–Trinajstić information content (AvgIpc) is 2.82. The summed E-state index contributed by atoms with van der Waals surface area (Å²) in [6.07, 6.45) is 8.95. The van der Waals surface area contributed by atoms with Gasteiger partial charge in [-0.05, 0) is 56.3 Å². The first-order chi connectivity index (χ1) is 16.0. The van der Waals surface area contributed by atoms with Crippen molar-refractivity contribution >= 4 is 51.9 Å². The quantitative estimate of drug-likeness (QED) is 0.377. The normalized spacial score (nSPS) is 14.5. The first kappa shape index (κ1) is 22.8. The number of nitrogens with zero attached hydrogens (tertiary/aromatic N) is 3. The van der Waals surface area contributed by atoms with Gasteiger partial charge in [0.25, 0.3) is 0 Å². The fourth-order valence-electron chi connectivity index (χ4n) is 3.76. The average molecular weight is 468 g/mol. The van der Waals surface area contributed by atoms with Crippen molar-refractivity contribution in [1.82, 2.24) is 14.9 Å². The highest BCUT2D eigenvalue weighted by Crippen LogP contribution is 2.29. The van der Waals surface area contributed by atoms with E-state index in [0.717, 1.165) is 13.1 Å². The molecule has 1 aliphatic heterocycles. The van der Waals surface area contributed by atoms with Crippen LogP contribution in [0.3, 0.4) is 0 Å². The molecule has 1 aliphatic rings. The minimum Gasteiger partial charge on any atom is -0.340 e. The van der Waals surface area contributed by atoms with E-state index in [-0.39, 0.29) is 10.9 Å². The van der Waals surface area contributed by atoms with Crippen LogP contribution in [0.4, 0.5) is 21.6 Å². The smallest absolute Gasteiger partial charge is 0.248 e. The summed E-state index contributed by atoms with van der Waals surface area (Å²) in [4.78, 5) is 34.9. The lowest BCUT2D eigenvalue weighted by Gasteiger charge is -2.24. The molecule has 9 heteroatoms. The molecule has 2 N–H and O–H groups in total. The van der Waals surface area contributed by atoms with Crippen molar-refractivity contribution in [3.05, 3.63) is 65.2 Å². The van der Waals surface area contributed by atoms with E-state index in [9.17, 15) is 14.0 Å². The molecule has 4 rings (SSSR count). The molecule has 0 bridgehead atoms. The van der Waals surface area contributed by atoms with Crippen LogP contribution < -0.4 is 10.6 Å². The number of rotatable bonds is 7. The molecule has 1 saturated heterocycles. The van der Waals surface area contributed by atoms with Gasteiger partial charge in [-0.2, -0.15) is 0 Å². The Kier molecular flexibility index (Phi) is 7.26. The van der Waals surface area contributed by atoms with Crippen LogP contribution in [0, 0.1) is 5.82 Å². The Labute approximate surface area is 195 Å². The predicted octanol–water partition coefficient (Wildman–Crippen LogP) is 4.96. The molecular formula is C24H23ClFN5O2. The summed E-state index contributed by atoms with van der Waals surface area (Å²) in [7, 11) is 0. The molecule has 7 nitrogen and oxygen atoms in total. The third-order valence-corrected chi connectivity index (χ3v) is 5.74. The largest absolute Gasteiger partial charge is 0.340 e. The van der Waals surface area contributed by atoms with Crippen LogP contribution in [-0.2, 0) is 4.79 Å². The number of fused-ring (bicyclic) bond motifs is 1. The number of likely N-dealkylation sites (tertiary alicyclic amines) is 1. The minimum absolute atomic E-state index is 0.0223. The standard InChI is InChI=1S/C24H23ClFN5O2/c25-19-12-17(6-7-20(19)26)29-24-18-13-21(16(14-32)11-22(18)27-15-28-24)30-23(33)5-4-10-31-8-2-1-3-9-31/h4-7,11-15H,1-3,8-10H2,(H,30,33)(H,27,28,29)/b5-4+. The predicted molar refractivity (Wildman–Crippen MR) is 128 cm³/mol. The number of carbonyl (C=O) groups excluding carboxylic acids is 2. The Bertz CT molecular complexity index is 1210. The molecule has 0 unspecified atom stereocenters. The van der Waals surface area contributed by atoms with Gasteiger partial charge in [0.05, 0.1) is 16.2 Å². The maximum atomic E-state index is 13.5. The Hall–Kier alpha value is -3.36. The zero-order valence-corrected chi connectivity index (χ0v) is 18.6. The van der Waals surface area contributed by atoms with Crippen molar-refractivity contribution in [1.29, 1.82) is 0 Å². The van der Waals surface area contributed by atoms with E-state index < -0.39 is 5.82 Å². The van der Waals surface area contributed by atoms with Crippen LogP contribution >= 0.6 is 11.6 Å². The van der Waals surface area contributed by atoms with E-state index in [4.69, 9.17) is 11.6 Å². The number of amides is 1. The third-order valence-electron chi connectivity index (χ3n) is 5.46. The lowest BCUT2D eigenvalue weighted by Crippen LogP contribution is -2.29. The van der Waals surface area contributed by atoms with Gasteiger partial charge in [0.1, 0.15) is 18.0 Å². The fraction of sp³-hybridized carbons (Fsp3) is 0.250. The van der Waals surface area contributed by atoms with Gasteiger partial charge >= 0.3 is 0 Å². The Morgan fingerprint density at radius 3 is 2.73 bits per heavy atom. The second kappa shape index (κ2) is 10.5. The van der Waals surface area contributed by atoms with Crippen LogP contribution in [0.15, 0.2) is 48.8 Å². The van der Waals surface area contributed by atoms with Crippen molar-refractivity contribution in [2.75, 3.05) is 30.3 Å². The maximum Gasteiger partial charge on any atom is 0.248 e. The Morgan fingerprint density at radius 1 is 1.15 bits per heavy atom. The SMILES string of the molecule is O=Cc1cc2ncnc(Nc3ccc(F)c(Cl)c3)c2cc1NC(=O)/C=C/CN1CCCCC1. The number of piperidine rings is 1. The molecule has 1 fully saturated rings. The van der Waals surface area contributed by atoms with Crippen LogP contribution in [-0.4, -0.2) is 46.7 Å². The van der Waals surface area contributed by atoms with E-state index >= 15 is 0 Å². The van der Waals surface area contributed by atoms with Gasteiger partial charge in [-0.3, -0.25) is 14.5 Å². The first-order valence-corrected chi connectivity index (χ1v) is 11.1. The molecular weight excluding hydrogens is 445 g/mol. The number of anilines is 3. The first-order valence-electron chi connectivity index (χ1n) is 10.7. The number of carbonyl (C=O) groups is 2. The molecule has 1 amide bonds. The fourth-order valence-corrected chi connectivity index (χ4v) is 3.94. The van der Waals surface area contributed by atoms with Crippen LogP contribution in [0.25, 0.3) is 10.9 Å². The number of hydrogen-bond donors (Lipinski definition) is 2. The molecule has 1 aromatic heterocycles. The zero-order chi connectivity index (χ0) is 23.2. The molecule has 170 valence electrons. The molecule has 2 heterocycles. The van der Waals surface area contributed by atoms with E-state index in [1.807, 2.05) is 6.08 Å². The van der Waals surface area contributed by atoms with Crippen LogP contribution in [0.2, 0.25) is 5.02 Å². The summed E-state index contributed by atoms with van der Waals surface area (Å²) in [6, 6.07) is 7.45. The topological polar surface area (TPSA) is 87.2 Å². The van der Waals surface area contributed by atoms with Crippen molar-refractivity contribution in [2.45, 2.75) is 19.3 Å². The lowest BCUT2D eigenvalue weighted by atomic mass is 10.1. The van der Waals surface area contributed by atoms with Crippen molar-refractivity contribution in [3.8, 4) is 0 Å². The molecule has 0 atom stereocenters. The van der Waals surface area contributed by atoms with Gasteiger partial charge in [-0.15, -0.1) is 0 Å². The Morgan fingerprint density at radius 2 is 1.97 bits per heavy atom. The van der Waals surface area contributed by atoms with Crippen molar-refractivity contribution < 1.29 is 14.0 Å². The van der Waals surface area contributed by atoms with Crippen molar-refractivity contribution in [3.63, 3.8) is 0 Å². The maximum absolute atomic E-state index is 13.5. The van der Waals surface area contributed by atoms with Crippen molar-refractivity contribution in [2.24, 2.45) is 0 Å². The van der Waals surface area contributed by atoms with Crippen LogP contribution in [0.1, 0.15) is 29.6 Å². The number of benzene rings is 2. The molecule has 2 aromatic carbocycles. The zero-order valence-electron chi connectivity index (χ0n) is 17.9. The summed E-state index contributed by atoms with van der Waals surface area (Å²) in [5, 5.41) is 6.41. The molecule has 3 aromatic rings. The minimum atomic E-state index is -0.524. The third kappa shape index (κ3) is 5.71. The highest BCUT2D eigenvalue weighted by molar-refractivity contribution is 6.31. The number of aromatic nitrogens is 2. The van der Waals surface area contributed by atoms with E-state index in [1.165, 1.54) is 49.9 Å². The summed E-state index contributed by atoms with van der Waals surface area (Å²) in [6.45, 7) is 2.80. The molecule has 0 spiro atoms. The Balaban J connectivity index is 1.55. The highest BCUT2D eigenvalue weighted by atomic mass is 35.5. The summed E-state index contributed by atoms with van der Waals surface area (Å²) in [5.41, 5.74) is 1.70. The molecule has 0 saturated carbocycles. The molecule has 0 aliphatic carbocycles. The van der Waals surface area contributed by atoms with Gasteiger partial charge < -0.3 is 10.6 Å². The van der Waals surface area contributed by atoms with Gasteiger partial charge in [0.15, 0.2) is 6.29 Å². The lowest BCUT2D eigenvalue weighted by molar-refractivity contribution is -0.111. The van der Waals surface area contributed by atoms with Gasteiger partial charge in [0.2, 0.25) is 5.91 Å². The second-order valence-corrected chi connectivity index (χ2v) is 8.21. The number of nitrogens with one attached hydrogen (secondary N) is 2. The van der Waals surface area contributed by atoms with Gasteiger partial charge in [-0.25, -0.2) is 14.4 Å². The van der Waals surface area contributed by atoms with E-state index in [2.05, 4.69) is 25.5 Å². The van der Waals surface area contributed by atoms with E-state index in [1.54, 1.807) is 12.1 Å². The number of halogens is 2. The highest BCUT2D eigenvalue weighted by Gasteiger charge is 2.13. The second-order valence-electron chi connectivity index (χ2n) is 7.80. The van der Waals surface area contributed by atoms with Gasteiger partial charge in [-0.1, -0.05) is 24.1 Å². The van der Waals surface area contributed by atoms with E-state index in [0.29, 0.717) is 46.5 Å². The van der Waals surface area contributed by atoms with Crippen LogP contribution in [0.5, 0.6) is 0 Å². The summed E-state index contributed by atoms with van der Waals surface area (Å²) < 4.78 is 13.5. The molecule has 33 heavy (non-hydrogen) atoms. The number of hydrogen-bond acceptors (Lipinski definition) is 6.